The van der Waals surface area contributed by atoms with Crippen LogP contribution in [0.25, 0.3) is 11.1 Å². The zero-order valence-corrected chi connectivity index (χ0v) is 12.4. The number of anilines is 1. The predicted molar refractivity (Wildman–Crippen MR) is 78.0 cm³/mol. The number of hydrogen-bond donors (Lipinski definition) is 1. The van der Waals surface area contributed by atoms with Crippen LogP contribution in [-0.2, 0) is 9.53 Å². The highest BCUT2D eigenvalue weighted by Crippen LogP contribution is 2.31. The Morgan fingerprint density at radius 3 is 2.25 bits per heavy atom. The maximum Gasteiger partial charge on any atom is 0.491 e. The Kier molecular flexibility index (Phi) is 5.08. The van der Waals surface area contributed by atoms with Gasteiger partial charge in [-0.15, -0.1) is 0 Å². The van der Waals surface area contributed by atoms with Crippen molar-refractivity contribution in [3.8, 4) is 11.1 Å². The second-order valence-electron chi connectivity index (χ2n) is 4.50. The van der Waals surface area contributed by atoms with Crippen LogP contribution in [-0.4, -0.2) is 18.2 Å². The van der Waals surface area contributed by atoms with Crippen molar-refractivity contribution < 1.29 is 31.9 Å². The fourth-order valence-electron chi connectivity index (χ4n) is 1.78. The number of rotatable bonds is 2. The fraction of sp³-hybridized carbons (Fsp3) is 0.0667. The van der Waals surface area contributed by atoms with Gasteiger partial charge in [-0.25, -0.2) is 14.0 Å². The van der Waals surface area contributed by atoms with Crippen molar-refractivity contribution in [2.45, 2.75) is 6.18 Å². The Hall–Kier alpha value is -2.61. The molecule has 0 fully saturated rings. The number of nitrogens with one attached hydrogen (secondary N) is 1. The lowest BCUT2D eigenvalue weighted by Crippen LogP contribution is -2.30. The van der Waals surface area contributed by atoms with Gasteiger partial charge in [-0.2, -0.15) is 13.2 Å². The Morgan fingerprint density at radius 1 is 1.04 bits per heavy atom. The normalized spacial score (nSPS) is 11.0. The van der Waals surface area contributed by atoms with Crippen LogP contribution in [0.2, 0.25) is 5.02 Å². The molecule has 2 rings (SSSR count). The predicted octanol–water partition coefficient (Wildman–Crippen LogP) is 4.78. The van der Waals surface area contributed by atoms with Gasteiger partial charge in [0.05, 0.1) is 5.69 Å². The lowest BCUT2D eigenvalue weighted by atomic mass is 10.0. The van der Waals surface area contributed by atoms with Gasteiger partial charge in [-0.05, 0) is 29.8 Å². The van der Waals surface area contributed by atoms with Gasteiger partial charge in [-0.1, -0.05) is 29.8 Å². The SMILES string of the molecule is O=C(Nc1cc(Cl)ccc1-c1ccc(F)cc1)OC(=O)C(F)(F)F. The summed E-state index contributed by atoms with van der Waals surface area (Å²) in [7, 11) is 0. The summed E-state index contributed by atoms with van der Waals surface area (Å²) in [6, 6.07) is 9.32. The molecule has 0 heterocycles. The number of ether oxygens (including phenoxy) is 1. The third-order valence-corrected chi connectivity index (χ3v) is 3.03. The summed E-state index contributed by atoms with van der Waals surface area (Å²) in [5.74, 6) is -3.14. The third kappa shape index (κ3) is 4.45. The summed E-state index contributed by atoms with van der Waals surface area (Å²) in [4.78, 5) is 22.1. The van der Waals surface area contributed by atoms with Gasteiger partial charge in [-0.3, -0.25) is 5.32 Å². The quantitative estimate of drug-likeness (QED) is 0.475. The van der Waals surface area contributed by atoms with Crippen molar-refractivity contribution >= 4 is 29.4 Å². The van der Waals surface area contributed by atoms with E-state index in [1.165, 1.54) is 42.5 Å². The van der Waals surface area contributed by atoms with E-state index >= 15 is 0 Å². The molecule has 0 unspecified atom stereocenters. The first kappa shape index (κ1) is 17.7. The van der Waals surface area contributed by atoms with Crippen molar-refractivity contribution in [1.82, 2.24) is 0 Å². The second kappa shape index (κ2) is 6.88. The summed E-state index contributed by atoms with van der Waals surface area (Å²) >= 11 is 5.79. The number of amides is 1. The topological polar surface area (TPSA) is 55.4 Å². The van der Waals surface area contributed by atoms with Crippen LogP contribution in [0.4, 0.5) is 28.0 Å². The molecular weight excluding hydrogens is 354 g/mol. The molecule has 0 aliphatic rings. The van der Waals surface area contributed by atoms with Crippen LogP contribution in [0.1, 0.15) is 0 Å². The minimum atomic E-state index is -5.30. The highest BCUT2D eigenvalue weighted by Gasteiger charge is 2.42. The van der Waals surface area contributed by atoms with E-state index in [0.29, 0.717) is 11.1 Å². The number of esters is 1. The molecule has 2 aromatic carbocycles. The summed E-state index contributed by atoms with van der Waals surface area (Å²) in [6.07, 6.45) is -6.92. The maximum atomic E-state index is 13.0. The standard InChI is InChI=1S/C15H8ClF4NO3/c16-9-3-6-11(8-1-4-10(17)5-2-8)12(7-9)21-14(23)24-13(22)15(18,19)20/h1-7H,(H,21,23). The van der Waals surface area contributed by atoms with Crippen LogP contribution in [0.5, 0.6) is 0 Å². The van der Waals surface area contributed by atoms with Crippen molar-refractivity contribution in [2.24, 2.45) is 0 Å². The molecule has 0 radical (unpaired) electrons. The molecule has 126 valence electrons. The molecular formula is C15H8ClF4NO3. The van der Waals surface area contributed by atoms with Crippen molar-refractivity contribution in [1.29, 1.82) is 0 Å². The molecule has 0 bridgehead atoms. The van der Waals surface area contributed by atoms with E-state index in [9.17, 15) is 27.2 Å². The fourth-order valence-corrected chi connectivity index (χ4v) is 1.95. The van der Waals surface area contributed by atoms with E-state index < -0.39 is 24.1 Å². The first-order valence-electron chi connectivity index (χ1n) is 6.32. The first-order chi connectivity index (χ1) is 11.2. The number of benzene rings is 2. The number of alkyl halides is 3. The molecule has 1 N–H and O–H groups in total. The summed E-state index contributed by atoms with van der Waals surface area (Å²) in [5.41, 5.74) is 0.801. The highest BCUT2D eigenvalue weighted by atomic mass is 35.5. The molecule has 1 amide bonds. The minimum Gasteiger partial charge on any atom is -0.369 e. The van der Waals surface area contributed by atoms with E-state index in [1.54, 1.807) is 0 Å². The number of halogens is 5. The lowest BCUT2D eigenvalue weighted by Gasteiger charge is -2.12. The maximum absolute atomic E-state index is 13.0. The average Bonchev–Trinajstić information content (AvgIpc) is 2.47. The Bertz CT molecular complexity index is 775. The van der Waals surface area contributed by atoms with Gasteiger partial charge in [0, 0.05) is 10.6 Å². The lowest BCUT2D eigenvalue weighted by molar-refractivity contribution is -0.192. The Morgan fingerprint density at radius 2 is 1.67 bits per heavy atom. The summed E-state index contributed by atoms with van der Waals surface area (Å²) in [6.45, 7) is 0. The van der Waals surface area contributed by atoms with E-state index in [2.05, 4.69) is 4.74 Å². The Balaban J connectivity index is 2.26. The molecule has 0 spiro atoms. The number of carbonyl (C=O) groups excluding carboxylic acids is 2. The largest absolute Gasteiger partial charge is 0.491 e. The molecule has 0 aromatic heterocycles. The first-order valence-corrected chi connectivity index (χ1v) is 6.70. The summed E-state index contributed by atoms with van der Waals surface area (Å²) in [5, 5.41) is 2.19. The second-order valence-corrected chi connectivity index (χ2v) is 4.93. The molecule has 24 heavy (non-hydrogen) atoms. The number of carbonyl (C=O) groups is 2. The van der Waals surface area contributed by atoms with Gasteiger partial charge in [0.15, 0.2) is 0 Å². The third-order valence-electron chi connectivity index (χ3n) is 2.79. The van der Waals surface area contributed by atoms with Crippen LogP contribution in [0.15, 0.2) is 42.5 Å². The monoisotopic (exact) mass is 361 g/mol. The molecule has 0 aliphatic heterocycles. The molecule has 0 saturated heterocycles. The van der Waals surface area contributed by atoms with Crippen molar-refractivity contribution in [3.63, 3.8) is 0 Å². The van der Waals surface area contributed by atoms with E-state index in [1.807, 2.05) is 5.32 Å². The smallest absolute Gasteiger partial charge is 0.369 e. The van der Waals surface area contributed by atoms with Crippen LogP contribution in [0.3, 0.4) is 0 Å². The van der Waals surface area contributed by atoms with Crippen LogP contribution in [0, 0.1) is 5.82 Å². The molecule has 9 heteroatoms. The zero-order valence-electron chi connectivity index (χ0n) is 11.7. The van der Waals surface area contributed by atoms with Gasteiger partial charge >= 0.3 is 18.2 Å². The number of hydrogen-bond acceptors (Lipinski definition) is 3. The van der Waals surface area contributed by atoms with Gasteiger partial charge in [0.1, 0.15) is 5.82 Å². The molecule has 0 atom stereocenters. The van der Waals surface area contributed by atoms with E-state index in [4.69, 9.17) is 11.6 Å². The zero-order chi connectivity index (χ0) is 17.9. The summed E-state index contributed by atoms with van der Waals surface area (Å²) < 4.78 is 52.9. The molecule has 2 aromatic rings. The van der Waals surface area contributed by atoms with E-state index in [0.717, 1.165) is 0 Å². The average molecular weight is 362 g/mol. The van der Waals surface area contributed by atoms with Gasteiger partial charge < -0.3 is 4.74 Å². The van der Waals surface area contributed by atoms with Crippen molar-refractivity contribution in [3.05, 3.63) is 53.3 Å². The molecule has 4 nitrogen and oxygen atoms in total. The highest BCUT2D eigenvalue weighted by molar-refractivity contribution is 6.31. The minimum absolute atomic E-state index is 0.00548. The van der Waals surface area contributed by atoms with Crippen molar-refractivity contribution in [2.75, 3.05) is 5.32 Å². The van der Waals surface area contributed by atoms with Gasteiger partial charge in [0.2, 0.25) is 0 Å². The van der Waals surface area contributed by atoms with Crippen LogP contribution >= 0.6 is 11.6 Å². The van der Waals surface area contributed by atoms with Gasteiger partial charge in [0.25, 0.3) is 0 Å². The van der Waals surface area contributed by atoms with Crippen LogP contribution < -0.4 is 5.32 Å². The molecule has 0 saturated carbocycles. The Labute approximate surface area is 138 Å². The van der Waals surface area contributed by atoms with E-state index in [-0.39, 0.29) is 10.7 Å². The molecule has 0 aliphatic carbocycles.